The zero-order valence-corrected chi connectivity index (χ0v) is 13.6. The first kappa shape index (κ1) is 16.7. The third-order valence-corrected chi connectivity index (χ3v) is 4.06. The topological polar surface area (TPSA) is 116 Å². The number of aliphatic hydroxyl groups excluding tert-OH is 3. The summed E-state index contributed by atoms with van der Waals surface area (Å²) in [6.07, 6.45) is -8.15. The Kier molecular flexibility index (Phi) is 5.23. The minimum atomic E-state index is -1.74. The van der Waals surface area contributed by atoms with Crippen molar-refractivity contribution < 1.29 is 34.7 Å². The maximum Gasteiger partial charge on any atom is 0.335 e. The number of carbonyl (C=O) groups is 1. The monoisotopic (exact) mass is 426 g/mol. The molecule has 0 amide bonds. The van der Waals surface area contributed by atoms with Crippen LogP contribution in [0.5, 0.6) is 5.75 Å². The van der Waals surface area contributed by atoms with Crippen molar-refractivity contribution >= 4 is 37.8 Å². The maximum absolute atomic E-state index is 11.0. The van der Waals surface area contributed by atoms with Crippen molar-refractivity contribution in [2.75, 3.05) is 0 Å². The molecule has 0 radical (unpaired) electrons. The Bertz CT molecular complexity index is 538. The lowest BCUT2D eigenvalue weighted by atomic mass is 9.99. The maximum atomic E-state index is 11.0. The molecular weight excluding hydrogens is 416 g/mol. The summed E-state index contributed by atoms with van der Waals surface area (Å²) in [7, 11) is 0. The van der Waals surface area contributed by atoms with E-state index in [1.165, 1.54) is 0 Å². The first-order valence-electron chi connectivity index (χ1n) is 5.85. The number of hydrogen-bond acceptors (Lipinski definition) is 6. The lowest BCUT2D eigenvalue weighted by Crippen LogP contribution is -2.61. The fourth-order valence-corrected chi connectivity index (χ4v) is 2.99. The van der Waals surface area contributed by atoms with Crippen LogP contribution in [0.25, 0.3) is 0 Å². The molecule has 0 unspecified atom stereocenters. The third kappa shape index (κ3) is 3.55. The average molecular weight is 428 g/mol. The number of carboxylic acids is 1. The molecule has 1 aromatic carbocycles. The largest absolute Gasteiger partial charge is 0.479 e. The van der Waals surface area contributed by atoms with Crippen molar-refractivity contribution in [3.8, 4) is 5.75 Å². The van der Waals surface area contributed by atoms with Gasteiger partial charge in [-0.05, 0) is 34.1 Å². The van der Waals surface area contributed by atoms with Gasteiger partial charge in [-0.25, -0.2) is 4.79 Å². The number of aliphatic carboxylic acids is 1. The number of aliphatic hydroxyl groups is 3. The summed E-state index contributed by atoms with van der Waals surface area (Å²) in [5.41, 5.74) is 0. The number of ether oxygens (including phenoxy) is 2. The highest BCUT2D eigenvalue weighted by molar-refractivity contribution is 9.11. The summed E-state index contributed by atoms with van der Waals surface area (Å²) >= 11 is 6.51. The summed E-state index contributed by atoms with van der Waals surface area (Å²) in [6.45, 7) is 0. The lowest BCUT2D eigenvalue weighted by Gasteiger charge is -2.38. The van der Waals surface area contributed by atoms with Crippen LogP contribution < -0.4 is 4.74 Å². The van der Waals surface area contributed by atoms with Crippen molar-refractivity contribution in [3.63, 3.8) is 0 Å². The second-order valence-corrected chi connectivity index (χ2v) is 6.20. The van der Waals surface area contributed by atoms with Gasteiger partial charge in [0.2, 0.25) is 6.29 Å². The molecule has 5 atom stereocenters. The molecule has 1 saturated heterocycles. The Balaban J connectivity index is 2.20. The van der Waals surface area contributed by atoms with Gasteiger partial charge in [-0.1, -0.05) is 15.9 Å². The van der Waals surface area contributed by atoms with Crippen LogP contribution in [0, 0.1) is 0 Å². The number of rotatable bonds is 3. The van der Waals surface area contributed by atoms with Crippen LogP contribution in [0.4, 0.5) is 0 Å². The van der Waals surface area contributed by atoms with E-state index in [9.17, 15) is 20.1 Å². The van der Waals surface area contributed by atoms with Gasteiger partial charge >= 0.3 is 5.97 Å². The number of carboxylic acid groups (broad SMARTS) is 1. The summed E-state index contributed by atoms with van der Waals surface area (Å²) < 4.78 is 11.7. The SMILES string of the molecule is O=C(O)[C@H]1O[C@@H](Oc2ccc(Br)cc2Br)[C@H](O)[C@@H](O)[C@@H]1O. The summed E-state index contributed by atoms with van der Waals surface area (Å²) in [5.74, 6) is -1.17. The van der Waals surface area contributed by atoms with Crippen LogP contribution in [0.3, 0.4) is 0 Å². The zero-order chi connectivity index (χ0) is 15.7. The summed E-state index contributed by atoms with van der Waals surface area (Å²) in [4.78, 5) is 11.0. The Morgan fingerprint density at radius 1 is 1.14 bits per heavy atom. The van der Waals surface area contributed by atoms with Gasteiger partial charge in [-0.15, -0.1) is 0 Å². The molecule has 2 rings (SSSR count). The van der Waals surface area contributed by atoms with E-state index in [2.05, 4.69) is 31.9 Å². The van der Waals surface area contributed by atoms with Crippen molar-refractivity contribution in [1.82, 2.24) is 0 Å². The Morgan fingerprint density at radius 3 is 2.38 bits per heavy atom. The van der Waals surface area contributed by atoms with E-state index in [1.54, 1.807) is 18.2 Å². The van der Waals surface area contributed by atoms with Gasteiger partial charge in [0.1, 0.15) is 24.1 Å². The van der Waals surface area contributed by atoms with Crippen LogP contribution >= 0.6 is 31.9 Å². The fraction of sp³-hybridized carbons (Fsp3) is 0.417. The normalized spacial score (nSPS) is 32.7. The lowest BCUT2D eigenvalue weighted by molar-refractivity contribution is -0.271. The highest BCUT2D eigenvalue weighted by Crippen LogP contribution is 2.31. The first-order chi connectivity index (χ1) is 9.81. The van der Waals surface area contributed by atoms with E-state index in [4.69, 9.17) is 14.6 Å². The molecule has 116 valence electrons. The predicted octanol–water partition coefficient (Wildman–Crippen LogP) is 0.483. The zero-order valence-electron chi connectivity index (χ0n) is 10.4. The van der Waals surface area contributed by atoms with Crippen LogP contribution in [0.1, 0.15) is 0 Å². The highest BCUT2D eigenvalue weighted by Gasteiger charge is 2.48. The van der Waals surface area contributed by atoms with Gasteiger partial charge in [-0.2, -0.15) is 0 Å². The number of halogens is 2. The molecule has 1 fully saturated rings. The molecule has 4 N–H and O–H groups in total. The van der Waals surface area contributed by atoms with Gasteiger partial charge in [0.25, 0.3) is 0 Å². The molecule has 1 heterocycles. The number of hydrogen-bond donors (Lipinski definition) is 4. The van der Waals surface area contributed by atoms with E-state index in [-0.39, 0.29) is 5.75 Å². The van der Waals surface area contributed by atoms with Gasteiger partial charge in [-0.3, -0.25) is 0 Å². The second-order valence-electron chi connectivity index (χ2n) is 4.43. The van der Waals surface area contributed by atoms with Crippen molar-refractivity contribution in [2.24, 2.45) is 0 Å². The fourth-order valence-electron chi connectivity index (χ4n) is 1.85. The molecule has 21 heavy (non-hydrogen) atoms. The van der Waals surface area contributed by atoms with Crippen LogP contribution in [0.2, 0.25) is 0 Å². The summed E-state index contributed by atoms with van der Waals surface area (Å²) in [5, 5.41) is 38.0. The molecule has 1 aromatic rings. The molecular formula is C12H12Br2O7. The van der Waals surface area contributed by atoms with Gasteiger partial charge in [0, 0.05) is 4.47 Å². The average Bonchev–Trinajstić information content (AvgIpc) is 2.41. The standard InChI is InChI=1S/C12H12Br2O7/c13-4-1-2-6(5(14)3-4)20-12-9(17)7(15)8(16)10(21-12)11(18)19/h1-3,7-10,12,15-17H,(H,18,19)/t7-,8-,9+,10-,12+/m0/s1. The van der Waals surface area contributed by atoms with Crippen molar-refractivity contribution in [3.05, 3.63) is 27.1 Å². The van der Waals surface area contributed by atoms with Gasteiger partial charge < -0.3 is 29.9 Å². The van der Waals surface area contributed by atoms with E-state index in [1.807, 2.05) is 0 Å². The van der Waals surface area contributed by atoms with Crippen LogP contribution in [0.15, 0.2) is 27.1 Å². The molecule has 0 aromatic heterocycles. The minimum Gasteiger partial charge on any atom is -0.479 e. The molecule has 0 bridgehead atoms. The predicted molar refractivity (Wildman–Crippen MR) is 76.8 cm³/mol. The summed E-state index contributed by atoms with van der Waals surface area (Å²) in [6, 6.07) is 4.93. The molecule has 7 nitrogen and oxygen atoms in total. The van der Waals surface area contributed by atoms with Crippen LogP contribution in [-0.4, -0.2) is 57.1 Å². The molecule has 1 aliphatic rings. The molecule has 0 spiro atoms. The Morgan fingerprint density at radius 2 is 1.81 bits per heavy atom. The van der Waals surface area contributed by atoms with E-state index in [0.717, 1.165) is 4.47 Å². The smallest absolute Gasteiger partial charge is 0.335 e. The van der Waals surface area contributed by atoms with Crippen molar-refractivity contribution in [1.29, 1.82) is 0 Å². The first-order valence-corrected chi connectivity index (χ1v) is 7.44. The molecule has 0 saturated carbocycles. The third-order valence-electron chi connectivity index (χ3n) is 2.95. The van der Waals surface area contributed by atoms with E-state index < -0.39 is 36.7 Å². The van der Waals surface area contributed by atoms with E-state index >= 15 is 0 Å². The second kappa shape index (κ2) is 6.59. The minimum absolute atomic E-state index is 0.287. The van der Waals surface area contributed by atoms with Gasteiger partial charge in [0.15, 0.2) is 6.10 Å². The Labute approximate surface area is 136 Å². The molecule has 0 aliphatic carbocycles. The quantitative estimate of drug-likeness (QED) is 0.554. The highest BCUT2D eigenvalue weighted by atomic mass is 79.9. The molecule has 1 aliphatic heterocycles. The van der Waals surface area contributed by atoms with Crippen molar-refractivity contribution in [2.45, 2.75) is 30.7 Å². The van der Waals surface area contributed by atoms with Gasteiger partial charge in [0.05, 0.1) is 4.47 Å². The van der Waals surface area contributed by atoms with E-state index in [0.29, 0.717) is 4.47 Å². The molecule has 9 heteroatoms. The Hall–Kier alpha value is -0.710. The van der Waals surface area contributed by atoms with Crippen LogP contribution in [-0.2, 0) is 9.53 Å². The number of benzene rings is 1.